The molecule has 112 valence electrons. The van der Waals surface area contributed by atoms with Gasteiger partial charge >= 0.3 is 5.97 Å². The lowest BCUT2D eigenvalue weighted by Crippen LogP contribution is -2.42. The second kappa shape index (κ2) is 6.37. The summed E-state index contributed by atoms with van der Waals surface area (Å²) >= 11 is 0. The van der Waals surface area contributed by atoms with Crippen molar-refractivity contribution < 1.29 is 14.6 Å². The Hall–Kier alpha value is -1.40. The van der Waals surface area contributed by atoms with E-state index in [9.17, 15) is 9.90 Å². The van der Waals surface area contributed by atoms with Crippen molar-refractivity contribution in [1.82, 2.24) is 14.7 Å². The Morgan fingerprint density at radius 3 is 3.00 bits per heavy atom. The summed E-state index contributed by atoms with van der Waals surface area (Å²) in [5, 5.41) is 14.1. The Bertz CT molecular complexity index is 472. The maximum Gasteiger partial charge on any atom is 0.341 e. The van der Waals surface area contributed by atoms with E-state index in [0.717, 1.165) is 18.7 Å². The topological polar surface area (TPSA) is 67.6 Å². The standard InChI is InChI=1S/C14H23N3O3/c1-4-20-14(19)11-7-15-16(3)12(11)8-17-6-5-10(2)13(18)9-17/h7,10,13,18H,4-6,8-9H2,1-3H3. The summed E-state index contributed by atoms with van der Waals surface area (Å²) < 4.78 is 6.75. The Morgan fingerprint density at radius 2 is 2.35 bits per heavy atom. The third-order valence-electron chi connectivity index (χ3n) is 3.93. The van der Waals surface area contributed by atoms with Crippen molar-refractivity contribution in [1.29, 1.82) is 0 Å². The summed E-state index contributed by atoms with van der Waals surface area (Å²) in [6.07, 6.45) is 2.22. The molecule has 0 amide bonds. The van der Waals surface area contributed by atoms with Crippen LogP contribution < -0.4 is 0 Å². The van der Waals surface area contributed by atoms with Gasteiger partial charge in [-0.15, -0.1) is 0 Å². The van der Waals surface area contributed by atoms with Gasteiger partial charge in [-0.3, -0.25) is 9.58 Å². The van der Waals surface area contributed by atoms with E-state index in [2.05, 4.69) is 16.9 Å². The van der Waals surface area contributed by atoms with Gasteiger partial charge in [-0.05, 0) is 25.8 Å². The van der Waals surface area contributed by atoms with Gasteiger partial charge in [-0.25, -0.2) is 4.79 Å². The number of likely N-dealkylation sites (tertiary alicyclic amines) is 1. The molecule has 2 unspecified atom stereocenters. The van der Waals surface area contributed by atoms with Gasteiger partial charge in [0.25, 0.3) is 0 Å². The molecule has 1 N–H and O–H groups in total. The third-order valence-corrected chi connectivity index (χ3v) is 3.93. The number of β-amino-alcohol motifs (C(OH)–C–C–N with tert-alkyl or cyclic N) is 1. The average molecular weight is 281 g/mol. The number of piperidine rings is 1. The number of aliphatic hydroxyl groups excluding tert-OH is 1. The number of aliphatic hydroxyl groups is 1. The van der Waals surface area contributed by atoms with Gasteiger partial charge in [0.2, 0.25) is 0 Å². The van der Waals surface area contributed by atoms with Crippen LogP contribution in [0, 0.1) is 5.92 Å². The van der Waals surface area contributed by atoms with E-state index in [4.69, 9.17) is 4.74 Å². The van der Waals surface area contributed by atoms with Gasteiger partial charge in [-0.1, -0.05) is 6.92 Å². The first kappa shape index (κ1) is 15.0. The van der Waals surface area contributed by atoms with Crippen LogP contribution in [-0.2, 0) is 18.3 Å². The van der Waals surface area contributed by atoms with E-state index in [0.29, 0.717) is 31.2 Å². The summed E-state index contributed by atoms with van der Waals surface area (Å²) in [5.74, 6) is 0.00356. The van der Waals surface area contributed by atoms with Crippen LogP contribution in [0.5, 0.6) is 0 Å². The summed E-state index contributed by atoms with van der Waals surface area (Å²) in [5.41, 5.74) is 1.35. The number of ether oxygens (including phenoxy) is 1. The van der Waals surface area contributed by atoms with Crippen LogP contribution in [0.1, 0.15) is 36.3 Å². The van der Waals surface area contributed by atoms with E-state index in [1.165, 1.54) is 0 Å². The van der Waals surface area contributed by atoms with Crippen LogP contribution in [0.3, 0.4) is 0 Å². The second-order valence-corrected chi connectivity index (χ2v) is 5.42. The lowest BCUT2D eigenvalue weighted by atomic mass is 9.96. The summed E-state index contributed by atoms with van der Waals surface area (Å²) in [4.78, 5) is 14.1. The molecule has 2 atom stereocenters. The molecule has 0 aromatic carbocycles. The molecule has 6 heteroatoms. The van der Waals surface area contributed by atoms with Gasteiger partial charge in [-0.2, -0.15) is 5.10 Å². The van der Waals surface area contributed by atoms with Gasteiger partial charge in [0.1, 0.15) is 5.56 Å². The van der Waals surface area contributed by atoms with Crippen LogP contribution in [0.15, 0.2) is 6.20 Å². The second-order valence-electron chi connectivity index (χ2n) is 5.42. The zero-order valence-electron chi connectivity index (χ0n) is 12.4. The first-order chi connectivity index (χ1) is 9.52. The fraction of sp³-hybridized carbons (Fsp3) is 0.714. The molecule has 0 bridgehead atoms. The zero-order valence-corrected chi connectivity index (χ0v) is 12.4. The normalized spacial score (nSPS) is 23.8. The Labute approximate surface area is 119 Å². The van der Waals surface area contributed by atoms with E-state index in [1.807, 2.05) is 7.05 Å². The molecule has 20 heavy (non-hydrogen) atoms. The predicted molar refractivity (Wildman–Crippen MR) is 74.2 cm³/mol. The fourth-order valence-electron chi connectivity index (χ4n) is 2.50. The quantitative estimate of drug-likeness (QED) is 0.827. The minimum atomic E-state index is -0.332. The summed E-state index contributed by atoms with van der Waals surface area (Å²) in [6.45, 7) is 6.37. The number of rotatable bonds is 4. The molecule has 1 saturated heterocycles. The van der Waals surface area contributed by atoms with Crippen molar-refractivity contribution in [3.05, 3.63) is 17.5 Å². The Kier molecular flexibility index (Phi) is 4.77. The molecule has 0 spiro atoms. The van der Waals surface area contributed by atoms with Crippen molar-refractivity contribution in [2.24, 2.45) is 13.0 Å². The number of hydrogen-bond donors (Lipinski definition) is 1. The summed E-state index contributed by atoms with van der Waals surface area (Å²) in [6, 6.07) is 0. The molecule has 0 saturated carbocycles. The highest BCUT2D eigenvalue weighted by Crippen LogP contribution is 2.20. The number of aromatic nitrogens is 2. The van der Waals surface area contributed by atoms with Crippen LogP contribution in [0.4, 0.5) is 0 Å². The molecule has 1 fully saturated rings. The molecule has 0 aliphatic carbocycles. The lowest BCUT2D eigenvalue weighted by molar-refractivity contribution is 0.0246. The molecule has 2 rings (SSSR count). The van der Waals surface area contributed by atoms with Crippen molar-refractivity contribution in [3.8, 4) is 0 Å². The van der Waals surface area contributed by atoms with Gasteiger partial charge in [0.15, 0.2) is 0 Å². The van der Waals surface area contributed by atoms with Crippen molar-refractivity contribution in [2.45, 2.75) is 32.9 Å². The number of hydrogen-bond acceptors (Lipinski definition) is 5. The summed E-state index contributed by atoms with van der Waals surface area (Å²) in [7, 11) is 1.82. The van der Waals surface area contributed by atoms with Crippen molar-refractivity contribution in [3.63, 3.8) is 0 Å². The Morgan fingerprint density at radius 1 is 1.60 bits per heavy atom. The van der Waals surface area contributed by atoms with Gasteiger partial charge in [0.05, 0.1) is 24.6 Å². The number of nitrogens with zero attached hydrogens (tertiary/aromatic N) is 3. The first-order valence-electron chi connectivity index (χ1n) is 7.11. The molecule has 1 aliphatic rings. The molecule has 2 heterocycles. The predicted octanol–water partition coefficient (Wildman–Crippen LogP) is 0.800. The fourth-order valence-corrected chi connectivity index (χ4v) is 2.50. The third kappa shape index (κ3) is 3.19. The maximum absolute atomic E-state index is 11.9. The minimum Gasteiger partial charge on any atom is -0.462 e. The monoisotopic (exact) mass is 281 g/mol. The van der Waals surface area contributed by atoms with Gasteiger partial charge in [0, 0.05) is 20.1 Å². The van der Waals surface area contributed by atoms with Crippen molar-refractivity contribution >= 4 is 5.97 Å². The van der Waals surface area contributed by atoms with Gasteiger partial charge < -0.3 is 9.84 Å². The number of aryl methyl sites for hydroxylation is 1. The largest absolute Gasteiger partial charge is 0.462 e. The smallest absolute Gasteiger partial charge is 0.341 e. The van der Waals surface area contributed by atoms with Crippen LogP contribution in [-0.4, -0.2) is 51.6 Å². The van der Waals surface area contributed by atoms with Crippen LogP contribution in [0.25, 0.3) is 0 Å². The van der Waals surface area contributed by atoms with Crippen LogP contribution in [0.2, 0.25) is 0 Å². The van der Waals surface area contributed by atoms with E-state index < -0.39 is 0 Å². The van der Waals surface area contributed by atoms with E-state index in [1.54, 1.807) is 17.8 Å². The number of carbonyl (C=O) groups excluding carboxylic acids is 1. The highest BCUT2D eigenvalue weighted by molar-refractivity contribution is 5.90. The SMILES string of the molecule is CCOC(=O)c1cnn(C)c1CN1CCC(C)C(O)C1. The van der Waals surface area contributed by atoms with E-state index >= 15 is 0 Å². The Balaban J connectivity index is 2.09. The first-order valence-corrected chi connectivity index (χ1v) is 7.11. The molecule has 1 aromatic rings. The van der Waals surface area contributed by atoms with Crippen molar-refractivity contribution in [2.75, 3.05) is 19.7 Å². The molecular formula is C14H23N3O3. The molecule has 6 nitrogen and oxygen atoms in total. The van der Waals surface area contributed by atoms with E-state index in [-0.39, 0.29) is 12.1 Å². The highest BCUT2D eigenvalue weighted by Gasteiger charge is 2.26. The maximum atomic E-state index is 11.9. The average Bonchev–Trinajstić information content (AvgIpc) is 2.76. The molecule has 1 aromatic heterocycles. The number of carbonyl (C=O) groups is 1. The molecule has 1 aliphatic heterocycles. The zero-order chi connectivity index (χ0) is 14.7. The molecular weight excluding hydrogens is 258 g/mol. The minimum absolute atomic E-state index is 0.303. The molecule has 0 radical (unpaired) electrons. The highest BCUT2D eigenvalue weighted by atomic mass is 16.5. The number of esters is 1. The lowest BCUT2D eigenvalue weighted by Gasteiger charge is -2.34. The van der Waals surface area contributed by atoms with Crippen LogP contribution >= 0.6 is 0 Å².